The Morgan fingerprint density at radius 1 is 1.32 bits per heavy atom. The van der Waals surface area contributed by atoms with Crippen molar-refractivity contribution in [1.82, 2.24) is 15.3 Å². The van der Waals surface area contributed by atoms with Gasteiger partial charge in [0.1, 0.15) is 11.6 Å². The van der Waals surface area contributed by atoms with Gasteiger partial charge in [-0.25, -0.2) is 4.98 Å². The maximum Gasteiger partial charge on any atom is 0.270 e. The zero-order valence-electron chi connectivity index (χ0n) is 13.6. The number of non-ortho nitro benzene ring substituents is 1. The molecule has 0 aliphatic heterocycles. The second-order valence-electron chi connectivity index (χ2n) is 5.48. The molecular formula is C17H16N4O4. The molecule has 3 aromatic rings. The SMILES string of the molecule is COc1ccc([N+](=O)[O-])cc1C(=O)NC(C)c1nc2ccccc2[nH]1. The lowest BCUT2D eigenvalue weighted by Gasteiger charge is -2.13. The van der Waals surface area contributed by atoms with Crippen LogP contribution in [0.1, 0.15) is 29.1 Å². The molecule has 8 heteroatoms. The molecule has 0 saturated heterocycles. The summed E-state index contributed by atoms with van der Waals surface area (Å²) in [7, 11) is 1.40. The Balaban J connectivity index is 1.85. The summed E-state index contributed by atoms with van der Waals surface area (Å²) in [6, 6.07) is 11.0. The zero-order chi connectivity index (χ0) is 18.0. The van der Waals surface area contributed by atoms with Gasteiger partial charge in [-0.2, -0.15) is 0 Å². The normalized spacial score (nSPS) is 11.9. The van der Waals surface area contributed by atoms with Crippen LogP contribution in [0.15, 0.2) is 42.5 Å². The minimum Gasteiger partial charge on any atom is -0.496 e. The highest BCUT2D eigenvalue weighted by atomic mass is 16.6. The molecule has 1 amide bonds. The summed E-state index contributed by atoms with van der Waals surface area (Å²) >= 11 is 0. The van der Waals surface area contributed by atoms with Crippen molar-refractivity contribution in [2.24, 2.45) is 0 Å². The van der Waals surface area contributed by atoms with Crippen molar-refractivity contribution in [2.45, 2.75) is 13.0 Å². The zero-order valence-corrected chi connectivity index (χ0v) is 13.6. The number of nitro groups is 1. The van der Waals surface area contributed by atoms with Gasteiger partial charge in [-0.1, -0.05) is 12.1 Å². The summed E-state index contributed by atoms with van der Waals surface area (Å²) in [4.78, 5) is 30.5. The van der Waals surface area contributed by atoms with E-state index in [0.29, 0.717) is 5.82 Å². The number of benzene rings is 2. The number of aromatic nitrogens is 2. The standard InChI is InChI=1S/C17H16N4O4/c1-10(16-19-13-5-3-4-6-14(13)20-16)18-17(22)12-9-11(21(23)24)7-8-15(12)25-2/h3-10H,1-2H3,(H,18,22)(H,19,20). The highest BCUT2D eigenvalue weighted by Crippen LogP contribution is 2.25. The number of H-pyrrole nitrogens is 1. The van der Waals surface area contributed by atoms with Gasteiger partial charge >= 0.3 is 0 Å². The quantitative estimate of drug-likeness (QED) is 0.548. The molecule has 3 rings (SSSR count). The van der Waals surface area contributed by atoms with Crippen molar-refractivity contribution >= 4 is 22.6 Å². The van der Waals surface area contributed by atoms with Crippen LogP contribution in [0.3, 0.4) is 0 Å². The number of carbonyl (C=O) groups is 1. The number of ether oxygens (including phenoxy) is 1. The molecule has 1 atom stereocenters. The molecule has 25 heavy (non-hydrogen) atoms. The predicted molar refractivity (Wildman–Crippen MR) is 91.6 cm³/mol. The van der Waals surface area contributed by atoms with E-state index in [9.17, 15) is 14.9 Å². The van der Waals surface area contributed by atoms with Gasteiger partial charge < -0.3 is 15.0 Å². The first-order chi connectivity index (χ1) is 12.0. The van der Waals surface area contributed by atoms with Crippen molar-refractivity contribution in [3.05, 3.63) is 64.0 Å². The van der Waals surface area contributed by atoms with Gasteiger partial charge in [-0.05, 0) is 25.1 Å². The van der Waals surface area contributed by atoms with Crippen LogP contribution in [-0.4, -0.2) is 27.9 Å². The summed E-state index contributed by atoms with van der Waals surface area (Å²) in [6.07, 6.45) is 0. The molecule has 0 bridgehead atoms. The van der Waals surface area contributed by atoms with E-state index in [-0.39, 0.29) is 17.0 Å². The second kappa shape index (κ2) is 6.60. The van der Waals surface area contributed by atoms with Crippen LogP contribution < -0.4 is 10.1 Å². The number of nitro benzene ring substituents is 1. The fraction of sp³-hybridized carbons (Fsp3) is 0.176. The number of para-hydroxylation sites is 2. The number of hydrogen-bond acceptors (Lipinski definition) is 5. The number of amides is 1. The van der Waals surface area contributed by atoms with Gasteiger partial charge in [-0.3, -0.25) is 14.9 Å². The molecule has 2 N–H and O–H groups in total. The predicted octanol–water partition coefficient (Wildman–Crippen LogP) is 2.97. The highest BCUT2D eigenvalue weighted by molar-refractivity contribution is 5.97. The average Bonchev–Trinajstić information content (AvgIpc) is 3.05. The molecule has 0 aliphatic rings. The van der Waals surface area contributed by atoms with E-state index < -0.39 is 16.9 Å². The summed E-state index contributed by atoms with van der Waals surface area (Å²) in [5.41, 5.74) is 1.58. The van der Waals surface area contributed by atoms with Crippen molar-refractivity contribution < 1.29 is 14.5 Å². The molecule has 0 fully saturated rings. The number of nitrogens with one attached hydrogen (secondary N) is 2. The first-order valence-electron chi connectivity index (χ1n) is 7.57. The fourth-order valence-corrected chi connectivity index (χ4v) is 2.51. The minimum atomic E-state index is -0.557. The van der Waals surface area contributed by atoms with Crippen molar-refractivity contribution in [1.29, 1.82) is 0 Å². The van der Waals surface area contributed by atoms with Crippen molar-refractivity contribution in [2.75, 3.05) is 7.11 Å². The summed E-state index contributed by atoms with van der Waals surface area (Å²) in [5, 5.41) is 13.7. The lowest BCUT2D eigenvalue weighted by molar-refractivity contribution is -0.384. The van der Waals surface area contributed by atoms with E-state index in [1.165, 1.54) is 25.3 Å². The van der Waals surface area contributed by atoms with E-state index >= 15 is 0 Å². The monoisotopic (exact) mass is 340 g/mol. The maximum atomic E-state index is 12.5. The highest BCUT2D eigenvalue weighted by Gasteiger charge is 2.20. The van der Waals surface area contributed by atoms with Gasteiger partial charge in [0.15, 0.2) is 0 Å². The lowest BCUT2D eigenvalue weighted by atomic mass is 10.1. The second-order valence-corrected chi connectivity index (χ2v) is 5.48. The Labute approximate surface area is 143 Å². The van der Waals surface area contributed by atoms with Crippen LogP contribution in [0.5, 0.6) is 5.75 Å². The molecule has 2 aromatic carbocycles. The molecule has 1 aromatic heterocycles. The Kier molecular flexibility index (Phi) is 4.34. The third-order valence-corrected chi connectivity index (χ3v) is 3.80. The number of aromatic amines is 1. The number of fused-ring (bicyclic) bond motifs is 1. The van der Waals surface area contributed by atoms with Gasteiger partial charge in [0.25, 0.3) is 11.6 Å². The van der Waals surface area contributed by atoms with Gasteiger partial charge in [-0.15, -0.1) is 0 Å². The first kappa shape index (κ1) is 16.4. The topological polar surface area (TPSA) is 110 Å². The Bertz CT molecular complexity index is 918. The third kappa shape index (κ3) is 3.27. The van der Waals surface area contributed by atoms with Crippen LogP contribution in [-0.2, 0) is 0 Å². The Morgan fingerprint density at radius 2 is 2.08 bits per heavy atom. The molecule has 0 aliphatic carbocycles. The molecule has 8 nitrogen and oxygen atoms in total. The van der Waals surface area contributed by atoms with Crippen LogP contribution in [0.4, 0.5) is 5.69 Å². The van der Waals surface area contributed by atoms with E-state index in [1.807, 2.05) is 24.3 Å². The number of rotatable bonds is 5. The number of imidazole rings is 1. The van der Waals surface area contributed by atoms with Crippen molar-refractivity contribution in [3.8, 4) is 5.75 Å². The van der Waals surface area contributed by atoms with Gasteiger partial charge in [0.05, 0.1) is 34.7 Å². The minimum absolute atomic E-state index is 0.0969. The number of carbonyl (C=O) groups excluding carboxylic acids is 1. The smallest absolute Gasteiger partial charge is 0.270 e. The van der Waals surface area contributed by atoms with Crippen LogP contribution in [0.25, 0.3) is 11.0 Å². The fourth-order valence-electron chi connectivity index (χ4n) is 2.51. The number of hydrogen-bond donors (Lipinski definition) is 2. The summed E-state index contributed by atoms with van der Waals surface area (Å²) < 4.78 is 5.13. The largest absolute Gasteiger partial charge is 0.496 e. The first-order valence-corrected chi connectivity index (χ1v) is 7.57. The Morgan fingerprint density at radius 3 is 2.76 bits per heavy atom. The van der Waals surface area contributed by atoms with E-state index in [0.717, 1.165) is 11.0 Å². The summed E-state index contributed by atoms with van der Waals surface area (Å²) in [6.45, 7) is 1.78. The molecule has 1 heterocycles. The van der Waals surface area contributed by atoms with E-state index in [1.54, 1.807) is 6.92 Å². The van der Waals surface area contributed by atoms with Crippen LogP contribution in [0, 0.1) is 10.1 Å². The molecule has 1 unspecified atom stereocenters. The molecule has 0 spiro atoms. The van der Waals surface area contributed by atoms with E-state index in [2.05, 4.69) is 15.3 Å². The molecule has 128 valence electrons. The third-order valence-electron chi connectivity index (χ3n) is 3.80. The number of nitrogens with zero attached hydrogens (tertiary/aromatic N) is 2. The molecule has 0 radical (unpaired) electrons. The average molecular weight is 340 g/mol. The number of methoxy groups -OCH3 is 1. The van der Waals surface area contributed by atoms with Crippen molar-refractivity contribution in [3.63, 3.8) is 0 Å². The van der Waals surface area contributed by atoms with Crippen LogP contribution in [0.2, 0.25) is 0 Å². The van der Waals surface area contributed by atoms with E-state index in [4.69, 9.17) is 4.74 Å². The lowest BCUT2D eigenvalue weighted by Crippen LogP contribution is -2.27. The Hall–Kier alpha value is -3.42. The van der Waals surface area contributed by atoms with Gasteiger partial charge in [0.2, 0.25) is 0 Å². The maximum absolute atomic E-state index is 12.5. The van der Waals surface area contributed by atoms with Crippen LogP contribution >= 0.6 is 0 Å². The molecule has 0 saturated carbocycles. The summed E-state index contributed by atoms with van der Waals surface area (Å²) in [5.74, 6) is 0.382. The van der Waals surface area contributed by atoms with Gasteiger partial charge in [0, 0.05) is 12.1 Å². The molecular weight excluding hydrogens is 324 g/mol.